The van der Waals surface area contributed by atoms with E-state index in [4.69, 9.17) is 17.3 Å². The highest BCUT2D eigenvalue weighted by Gasteiger charge is 2.17. The first-order valence-electron chi connectivity index (χ1n) is 6.15. The summed E-state index contributed by atoms with van der Waals surface area (Å²) in [5.41, 5.74) is 7.14. The van der Waals surface area contributed by atoms with Gasteiger partial charge in [0.1, 0.15) is 0 Å². The van der Waals surface area contributed by atoms with E-state index in [1.165, 1.54) is 18.2 Å². The van der Waals surface area contributed by atoms with Crippen LogP contribution in [0.4, 0.5) is 17.1 Å². The molecule has 0 saturated carbocycles. The van der Waals surface area contributed by atoms with Gasteiger partial charge in [-0.15, -0.1) is 0 Å². The molecule has 2 aromatic rings. The van der Waals surface area contributed by atoms with E-state index in [0.717, 1.165) is 5.69 Å². The molecular formula is C14H16ClN3O2S. The molecule has 0 aliphatic carbocycles. The zero-order chi connectivity index (χ0) is 15.6. The van der Waals surface area contributed by atoms with Crippen molar-refractivity contribution in [1.82, 2.24) is 0 Å². The van der Waals surface area contributed by atoms with Crippen molar-refractivity contribution in [3.63, 3.8) is 0 Å². The van der Waals surface area contributed by atoms with Crippen molar-refractivity contribution in [3.8, 4) is 0 Å². The summed E-state index contributed by atoms with van der Waals surface area (Å²) in [5.74, 6) is 0. The molecule has 0 bridgehead atoms. The summed E-state index contributed by atoms with van der Waals surface area (Å²) in [7, 11) is -0.0425. The Morgan fingerprint density at radius 1 is 1.14 bits per heavy atom. The number of nitrogens with zero attached hydrogens (tertiary/aromatic N) is 1. The topological polar surface area (TPSA) is 75.4 Å². The molecule has 0 aliphatic rings. The van der Waals surface area contributed by atoms with Crippen molar-refractivity contribution in [2.24, 2.45) is 0 Å². The summed E-state index contributed by atoms with van der Waals surface area (Å²) in [6, 6.07) is 11.3. The summed E-state index contributed by atoms with van der Waals surface area (Å²) >= 11 is 5.81. The van der Waals surface area contributed by atoms with E-state index in [-0.39, 0.29) is 10.6 Å². The number of anilines is 3. The molecule has 2 aromatic carbocycles. The van der Waals surface area contributed by atoms with Crippen LogP contribution in [0.15, 0.2) is 47.4 Å². The molecule has 112 valence electrons. The Labute approximate surface area is 129 Å². The summed E-state index contributed by atoms with van der Waals surface area (Å²) in [5, 5.41) is 0.322. The second-order valence-corrected chi connectivity index (χ2v) is 6.79. The lowest BCUT2D eigenvalue weighted by Crippen LogP contribution is -2.17. The van der Waals surface area contributed by atoms with Gasteiger partial charge in [0.2, 0.25) is 0 Å². The van der Waals surface area contributed by atoms with E-state index in [1.807, 2.05) is 31.1 Å². The van der Waals surface area contributed by atoms with Gasteiger partial charge in [0.25, 0.3) is 10.0 Å². The number of nitrogens with two attached hydrogens (primary N) is 1. The quantitative estimate of drug-likeness (QED) is 0.848. The Hall–Kier alpha value is -1.92. The second kappa shape index (κ2) is 5.83. The zero-order valence-corrected chi connectivity index (χ0v) is 13.2. The van der Waals surface area contributed by atoms with Gasteiger partial charge in [-0.05, 0) is 30.3 Å². The Balaban J connectivity index is 2.40. The lowest BCUT2D eigenvalue weighted by Gasteiger charge is -2.18. The van der Waals surface area contributed by atoms with Crippen molar-refractivity contribution >= 4 is 38.7 Å². The SMILES string of the molecule is CN(C)c1ccccc1NS(=O)(=O)c1ccc(Cl)c(N)c1. The van der Waals surface area contributed by atoms with Gasteiger partial charge in [-0.2, -0.15) is 0 Å². The molecule has 0 radical (unpaired) electrons. The Kier molecular flexibility index (Phi) is 4.29. The molecule has 0 heterocycles. The van der Waals surface area contributed by atoms with Gasteiger partial charge >= 0.3 is 0 Å². The van der Waals surface area contributed by atoms with Gasteiger partial charge < -0.3 is 10.6 Å². The average molecular weight is 326 g/mol. The van der Waals surface area contributed by atoms with Crippen molar-refractivity contribution < 1.29 is 8.42 Å². The van der Waals surface area contributed by atoms with Gasteiger partial charge in [-0.3, -0.25) is 4.72 Å². The van der Waals surface area contributed by atoms with Crippen LogP contribution in [-0.2, 0) is 10.0 Å². The van der Waals surface area contributed by atoms with Crippen LogP contribution >= 0.6 is 11.6 Å². The highest BCUT2D eigenvalue weighted by Crippen LogP contribution is 2.28. The van der Waals surface area contributed by atoms with Crippen molar-refractivity contribution in [2.75, 3.05) is 29.5 Å². The molecule has 0 fully saturated rings. The van der Waals surface area contributed by atoms with Gasteiger partial charge in [-0.1, -0.05) is 23.7 Å². The molecule has 7 heteroatoms. The molecule has 0 aliphatic heterocycles. The van der Waals surface area contributed by atoms with Crippen LogP contribution in [0, 0.1) is 0 Å². The fraction of sp³-hybridized carbons (Fsp3) is 0.143. The van der Waals surface area contributed by atoms with Crippen LogP contribution in [0.2, 0.25) is 5.02 Å². The molecule has 5 nitrogen and oxygen atoms in total. The summed E-state index contributed by atoms with van der Waals surface area (Å²) in [4.78, 5) is 1.90. The maximum absolute atomic E-state index is 12.4. The number of nitrogen functional groups attached to an aromatic ring is 1. The predicted molar refractivity (Wildman–Crippen MR) is 87.4 cm³/mol. The minimum absolute atomic E-state index is 0.0676. The minimum Gasteiger partial charge on any atom is -0.397 e. The summed E-state index contributed by atoms with van der Waals surface area (Å²) in [6.45, 7) is 0. The molecule has 0 spiro atoms. The Morgan fingerprint density at radius 3 is 2.43 bits per heavy atom. The maximum Gasteiger partial charge on any atom is 0.262 e. The normalized spacial score (nSPS) is 11.2. The van der Waals surface area contributed by atoms with Crippen LogP contribution in [0.25, 0.3) is 0 Å². The van der Waals surface area contributed by atoms with E-state index in [0.29, 0.717) is 10.7 Å². The van der Waals surface area contributed by atoms with E-state index in [1.54, 1.807) is 12.1 Å². The Bertz CT molecular complexity index is 761. The first-order valence-corrected chi connectivity index (χ1v) is 8.01. The molecule has 0 unspecified atom stereocenters. The van der Waals surface area contributed by atoms with Crippen LogP contribution in [0.1, 0.15) is 0 Å². The summed E-state index contributed by atoms with van der Waals surface area (Å²) in [6.07, 6.45) is 0. The van der Waals surface area contributed by atoms with Crippen LogP contribution < -0.4 is 15.4 Å². The number of para-hydroxylation sites is 2. The largest absolute Gasteiger partial charge is 0.397 e. The third kappa shape index (κ3) is 3.40. The van der Waals surface area contributed by atoms with Gasteiger partial charge in [-0.25, -0.2) is 8.42 Å². The first-order chi connectivity index (χ1) is 9.81. The van der Waals surface area contributed by atoms with Crippen molar-refractivity contribution in [3.05, 3.63) is 47.5 Å². The molecule has 0 saturated heterocycles. The van der Waals surface area contributed by atoms with Crippen molar-refractivity contribution in [2.45, 2.75) is 4.90 Å². The molecule has 0 amide bonds. The maximum atomic E-state index is 12.4. The monoisotopic (exact) mass is 325 g/mol. The molecule has 21 heavy (non-hydrogen) atoms. The number of benzene rings is 2. The second-order valence-electron chi connectivity index (χ2n) is 4.70. The fourth-order valence-corrected chi connectivity index (χ4v) is 3.07. The fourth-order valence-electron chi connectivity index (χ4n) is 1.84. The number of halogens is 1. The van der Waals surface area contributed by atoms with Gasteiger partial charge in [0, 0.05) is 14.1 Å². The summed E-state index contributed by atoms with van der Waals surface area (Å²) < 4.78 is 27.4. The van der Waals surface area contributed by atoms with Gasteiger partial charge in [0.05, 0.1) is 27.0 Å². The number of nitrogens with one attached hydrogen (secondary N) is 1. The number of hydrogen-bond donors (Lipinski definition) is 2. The number of sulfonamides is 1. The van der Waals surface area contributed by atoms with E-state index < -0.39 is 10.0 Å². The third-order valence-electron chi connectivity index (χ3n) is 2.91. The lowest BCUT2D eigenvalue weighted by molar-refractivity contribution is 0.601. The number of rotatable bonds is 4. The van der Waals surface area contributed by atoms with Crippen LogP contribution in [0.3, 0.4) is 0 Å². The smallest absolute Gasteiger partial charge is 0.262 e. The molecule has 0 atom stereocenters. The van der Waals surface area contributed by atoms with Crippen molar-refractivity contribution in [1.29, 1.82) is 0 Å². The molecule has 3 N–H and O–H groups in total. The highest BCUT2D eigenvalue weighted by atomic mass is 35.5. The third-order valence-corrected chi connectivity index (χ3v) is 4.62. The molecular weight excluding hydrogens is 310 g/mol. The number of hydrogen-bond acceptors (Lipinski definition) is 4. The highest BCUT2D eigenvalue weighted by molar-refractivity contribution is 7.92. The van der Waals surface area contributed by atoms with E-state index in [9.17, 15) is 8.42 Å². The van der Waals surface area contributed by atoms with Crippen LogP contribution in [-0.4, -0.2) is 22.5 Å². The standard InChI is InChI=1S/C14H16ClN3O2S/c1-18(2)14-6-4-3-5-13(14)17-21(19,20)10-7-8-11(15)12(16)9-10/h3-9,17H,16H2,1-2H3. The van der Waals surface area contributed by atoms with E-state index >= 15 is 0 Å². The zero-order valence-electron chi connectivity index (χ0n) is 11.7. The van der Waals surface area contributed by atoms with Crippen LogP contribution in [0.5, 0.6) is 0 Å². The van der Waals surface area contributed by atoms with Gasteiger partial charge in [0.15, 0.2) is 0 Å². The predicted octanol–water partition coefficient (Wildman–Crippen LogP) is 2.79. The lowest BCUT2D eigenvalue weighted by atomic mass is 10.2. The average Bonchev–Trinajstić information content (AvgIpc) is 2.41. The van der Waals surface area contributed by atoms with E-state index in [2.05, 4.69) is 4.72 Å². The molecule has 2 rings (SSSR count). The minimum atomic E-state index is -3.72. The Morgan fingerprint density at radius 2 is 1.81 bits per heavy atom. The molecule has 0 aromatic heterocycles. The first kappa shape index (κ1) is 15.5.